The summed E-state index contributed by atoms with van der Waals surface area (Å²) >= 11 is 0. The molecule has 1 saturated heterocycles. The SMILES string of the molecule is C=CCN1CCC(N(CCCCCCCCCCCC)C(=O)c2ccc(C)cc2)CC1. The number of unbranched alkanes of at least 4 members (excludes halogenated alkanes) is 9. The monoisotopic (exact) mass is 426 g/mol. The van der Waals surface area contributed by atoms with Crippen molar-refractivity contribution in [2.75, 3.05) is 26.2 Å². The van der Waals surface area contributed by atoms with Crippen LogP contribution < -0.4 is 0 Å². The molecule has 0 aromatic heterocycles. The smallest absolute Gasteiger partial charge is 0.254 e. The van der Waals surface area contributed by atoms with E-state index in [9.17, 15) is 4.79 Å². The number of carbonyl (C=O) groups is 1. The van der Waals surface area contributed by atoms with Gasteiger partial charge in [0.15, 0.2) is 0 Å². The van der Waals surface area contributed by atoms with Gasteiger partial charge in [0, 0.05) is 37.8 Å². The molecule has 0 atom stereocenters. The molecule has 0 radical (unpaired) electrons. The van der Waals surface area contributed by atoms with Gasteiger partial charge in [0.25, 0.3) is 5.91 Å². The summed E-state index contributed by atoms with van der Waals surface area (Å²) in [5.41, 5.74) is 2.04. The molecule has 1 aliphatic rings. The number of hydrogen-bond donors (Lipinski definition) is 0. The Kier molecular flexibility index (Phi) is 12.6. The van der Waals surface area contributed by atoms with E-state index in [1.807, 2.05) is 18.2 Å². The van der Waals surface area contributed by atoms with Gasteiger partial charge in [0.1, 0.15) is 0 Å². The zero-order valence-electron chi connectivity index (χ0n) is 20.3. The lowest BCUT2D eigenvalue weighted by atomic mass is 10.0. The van der Waals surface area contributed by atoms with E-state index in [4.69, 9.17) is 0 Å². The third kappa shape index (κ3) is 9.60. The van der Waals surface area contributed by atoms with Crippen LogP contribution in [0.5, 0.6) is 0 Å². The molecule has 1 fully saturated rings. The predicted molar refractivity (Wildman–Crippen MR) is 134 cm³/mol. The summed E-state index contributed by atoms with van der Waals surface area (Å²) < 4.78 is 0. The first-order valence-corrected chi connectivity index (χ1v) is 12.9. The molecule has 2 rings (SSSR count). The molecule has 3 heteroatoms. The van der Waals surface area contributed by atoms with Crippen molar-refractivity contribution in [3.63, 3.8) is 0 Å². The summed E-state index contributed by atoms with van der Waals surface area (Å²) in [6.07, 6.45) is 17.4. The minimum absolute atomic E-state index is 0.220. The lowest BCUT2D eigenvalue weighted by Gasteiger charge is -2.38. The van der Waals surface area contributed by atoms with Crippen molar-refractivity contribution in [3.05, 3.63) is 48.0 Å². The van der Waals surface area contributed by atoms with Crippen molar-refractivity contribution >= 4 is 5.91 Å². The maximum atomic E-state index is 13.4. The number of nitrogens with zero attached hydrogens (tertiary/aromatic N) is 2. The molecule has 31 heavy (non-hydrogen) atoms. The molecule has 1 aromatic rings. The second kappa shape index (κ2) is 15.2. The quantitative estimate of drug-likeness (QED) is 0.222. The van der Waals surface area contributed by atoms with Crippen molar-refractivity contribution < 1.29 is 4.79 Å². The molecule has 3 nitrogen and oxygen atoms in total. The molecule has 0 bridgehead atoms. The number of piperidine rings is 1. The van der Waals surface area contributed by atoms with Crippen LogP contribution in [0.15, 0.2) is 36.9 Å². The van der Waals surface area contributed by atoms with E-state index in [1.54, 1.807) is 0 Å². The van der Waals surface area contributed by atoms with Gasteiger partial charge in [-0.3, -0.25) is 9.69 Å². The molecule has 0 saturated carbocycles. The summed E-state index contributed by atoms with van der Waals surface area (Å²) in [5, 5.41) is 0. The highest BCUT2D eigenvalue weighted by Gasteiger charge is 2.28. The molecule has 0 unspecified atom stereocenters. The molecule has 0 N–H and O–H groups in total. The van der Waals surface area contributed by atoms with Gasteiger partial charge in [-0.15, -0.1) is 6.58 Å². The molecule has 1 heterocycles. The van der Waals surface area contributed by atoms with E-state index >= 15 is 0 Å². The molecule has 1 amide bonds. The molecular formula is C28H46N2O. The Balaban J connectivity index is 1.80. The second-order valence-electron chi connectivity index (χ2n) is 9.37. The topological polar surface area (TPSA) is 23.6 Å². The van der Waals surface area contributed by atoms with Crippen LogP contribution in [0.3, 0.4) is 0 Å². The second-order valence-corrected chi connectivity index (χ2v) is 9.37. The van der Waals surface area contributed by atoms with Crippen LogP contribution in [-0.4, -0.2) is 47.9 Å². The Morgan fingerprint density at radius 1 is 0.968 bits per heavy atom. The van der Waals surface area contributed by atoms with Gasteiger partial charge < -0.3 is 4.90 Å². The number of aryl methyl sites for hydroxylation is 1. The van der Waals surface area contributed by atoms with Crippen LogP contribution in [0, 0.1) is 6.92 Å². The van der Waals surface area contributed by atoms with Crippen molar-refractivity contribution in [1.29, 1.82) is 0 Å². The minimum atomic E-state index is 0.220. The van der Waals surface area contributed by atoms with E-state index in [1.165, 1.54) is 63.4 Å². The maximum Gasteiger partial charge on any atom is 0.254 e. The van der Waals surface area contributed by atoms with Gasteiger partial charge in [-0.05, 0) is 38.3 Å². The first kappa shape index (κ1) is 25.6. The van der Waals surface area contributed by atoms with Gasteiger partial charge in [0.2, 0.25) is 0 Å². The Morgan fingerprint density at radius 2 is 1.52 bits per heavy atom. The number of amides is 1. The first-order chi connectivity index (χ1) is 15.2. The summed E-state index contributed by atoms with van der Waals surface area (Å²) in [5.74, 6) is 0.220. The van der Waals surface area contributed by atoms with Crippen LogP contribution in [-0.2, 0) is 0 Å². The number of carbonyl (C=O) groups excluding carboxylic acids is 1. The molecule has 0 aliphatic carbocycles. The van der Waals surface area contributed by atoms with Gasteiger partial charge in [-0.1, -0.05) is 88.5 Å². The van der Waals surface area contributed by atoms with Gasteiger partial charge in [0.05, 0.1) is 0 Å². The van der Waals surface area contributed by atoms with Crippen molar-refractivity contribution in [3.8, 4) is 0 Å². The number of hydrogen-bond acceptors (Lipinski definition) is 2. The van der Waals surface area contributed by atoms with Gasteiger partial charge >= 0.3 is 0 Å². The first-order valence-electron chi connectivity index (χ1n) is 12.9. The Morgan fingerprint density at radius 3 is 2.06 bits per heavy atom. The van der Waals surface area contributed by atoms with Crippen LogP contribution in [0.2, 0.25) is 0 Å². The lowest BCUT2D eigenvalue weighted by molar-refractivity contribution is 0.0576. The highest BCUT2D eigenvalue weighted by molar-refractivity contribution is 5.94. The lowest BCUT2D eigenvalue weighted by Crippen LogP contribution is -2.47. The normalized spacial score (nSPS) is 15.2. The number of likely N-dealkylation sites (tertiary alicyclic amines) is 1. The van der Waals surface area contributed by atoms with E-state index in [2.05, 4.69) is 42.4 Å². The summed E-state index contributed by atoms with van der Waals surface area (Å²) in [7, 11) is 0. The van der Waals surface area contributed by atoms with E-state index in [0.717, 1.165) is 51.0 Å². The zero-order valence-corrected chi connectivity index (χ0v) is 20.3. The maximum absolute atomic E-state index is 13.4. The Bertz CT molecular complexity index is 616. The Hall–Kier alpha value is -1.61. The predicted octanol–water partition coefficient (Wildman–Crippen LogP) is 7.01. The third-order valence-electron chi connectivity index (χ3n) is 6.70. The molecule has 1 aromatic carbocycles. The average molecular weight is 427 g/mol. The molecule has 0 spiro atoms. The fraction of sp³-hybridized carbons (Fsp3) is 0.679. The highest BCUT2D eigenvalue weighted by atomic mass is 16.2. The van der Waals surface area contributed by atoms with E-state index in [-0.39, 0.29) is 5.91 Å². The van der Waals surface area contributed by atoms with Crippen molar-refractivity contribution in [2.45, 2.75) is 96.9 Å². The minimum Gasteiger partial charge on any atom is -0.336 e. The van der Waals surface area contributed by atoms with E-state index in [0.29, 0.717) is 6.04 Å². The van der Waals surface area contributed by atoms with Crippen LogP contribution in [0.25, 0.3) is 0 Å². The summed E-state index contributed by atoms with van der Waals surface area (Å²) in [6, 6.07) is 8.47. The molecular weight excluding hydrogens is 380 g/mol. The standard InChI is InChI=1S/C28H46N2O/c1-4-6-7-8-9-10-11-12-13-14-22-30(27-19-23-29(21-5-2)24-20-27)28(31)26-17-15-25(3)16-18-26/h5,15-18,27H,2,4,6-14,19-24H2,1,3H3. The number of rotatable bonds is 15. The third-order valence-corrected chi connectivity index (χ3v) is 6.70. The van der Waals surface area contributed by atoms with Gasteiger partial charge in [-0.25, -0.2) is 0 Å². The molecule has 174 valence electrons. The van der Waals surface area contributed by atoms with E-state index < -0.39 is 0 Å². The van der Waals surface area contributed by atoms with Crippen LogP contribution in [0.4, 0.5) is 0 Å². The fourth-order valence-corrected chi connectivity index (χ4v) is 4.68. The highest BCUT2D eigenvalue weighted by Crippen LogP contribution is 2.21. The molecule has 1 aliphatic heterocycles. The zero-order chi connectivity index (χ0) is 22.3. The summed E-state index contributed by atoms with van der Waals surface area (Å²) in [6.45, 7) is 12.2. The van der Waals surface area contributed by atoms with Crippen LogP contribution >= 0.6 is 0 Å². The Labute approximate surface area is 191 Å². The van der Waals surface area contributed by atoms with Crippen LogP contribution in [0.1, 0.15) is 99.9 Å². The summed E-state index contributed by atoms with van der Waals surface area (Å²) in [4.78, 5) is 18.0. The average Bonchev–Trinajstić information content (AvgIpc) is 2.79. The van der Waals surface area contributed by atoms with Gasteiger partial charge in [-0.2, -0.15) is 0 Å². The number of benzene rings is 1. The fourth-order valence-electron chi connectivity index (χ4n) is 4.68. The van der Waals surface area contributed by atoms with Crippen molar-refractivity contribution in [1.82, 2.24) is 9.80 Å². The largest absolute Gasteiger partial charge is 0.336 e. The van der Waals surface area contributed by atoms with Crippen molar-refractivity contribution in [2.24, 2.45) is 0 Å².